The Bertz CT molecular complexity index is 783. The number of hydrogen-bond acceptors (Lipinski definition) is 2. The number of hydrogen-bond donors (Lipinski definition) is 0. The van der Waals surface area contributed by atoms with Crippen LogP contribution in [0.5, 0.6) is 11.5 Å². The quantitative estimate of drug-likeness (QED) is 0.351. The van der Waals surface area contributed by atoms with Crippen LogP contribution in [0.25, 0.3) is 0 Å². The minimum absolute atomic E-state index is 0.00260. The van der Waals surface area contributed by atoms with Crippen molar-refractivity contribution in [3.63, 3.8) is 0 Å². The lowest BCUT2D eigenvalue weighted by molar-refractivity contribution is 0.127. The fourth-order valence-electron chi connectivity index (χ4n) is 6.53. The van der Waals surface area contributed by atoms with Gasteiger partial charge in [-0.25, -0.2) is 0 Å². The molecule has 0 heterocycles. The van der Waals surface area contributed by atoms with E-state index in [0.29, 0.717) is 19.1 Å². The molecule has 1 aromatic carbocycles. The van der Waals surface area contributed by atoms with Gasteiger partial charge < -0.3 is 9.47 Å². The lowest BCUT2D eigenvalue weighted by atomic mass is 9.69. The highest BCUT2D eigenvalue weighted by atomic mass is 19.2. The molecule has 0 amide bonds. The molecule has 0 N–H and O–H groups in total. The highest BCUT2D eigenvalue weighted by Gasteiger charge is 2.31. The van der Waals surface area contributed by atoms with Gasteiger partial charge in [0, 0.05) is 0 Å². The SMILES string of the molecule is CCOc1ccc(OCC2CCC(C3CCC(/C=C/C4CCC(C)CC4)CC3)CC2)c(F)c1F. The molecule has 1 aromatic rings. The highest BCUT2D eigenvalue weighted by Crippen LogP contribution is 2.42. The summed E-state index contributed by atoms with van der Waals surface area (Å²) in [5, 5.41) is 0. The zero-order valence-corrected chi connectivity index (χ0v) is 21.2. The summed E-state index contributed by atoms with van der Waals surface area (Å²) in [4.78, 5) is 0. The van der Waals surface area contributed by atoms with E-state index >= 15 is 0 Å². The van der Waals surface area contributed by atoms with Gasteiger partial charge in [-0.05, 0) is 119 Å². The first-order valence-corrected chi connectivity index (χ1v) is 13.9. The topological polar surface area (TPSA) is 18.5 Å². The van der Waals surface area contributed by atoms with Crippen molar-refractivity contribution >= 4 is 0 Å². The van der Waals surface area contributed by atoms with E-state index in [1.165, 1.54) is 76.3 Å². The second-order valence-electron chi connectivity index (χ2n) is 11.3. The Labute approximate surface area is 205 Å². The first-order valence-electron chi connectivity index (χ1n) is 13.9. The van der Waals surface area contributed by atoms with E-state index < -0.39 is 11.6 Å². The van der Waals surface area contributed by atoms with Crippen LogP contribution in [-0.4, -0.2) is 13.2 Å². The van der Waals surface area contributed by atoms with Crippen molar-refractivity contribution in [1.29, 1.82) is 0 Å². The molecule has 3 fully saturated rings. The summed E-state index contributed by atoms with van der Waals surface area (Å²) in [7, 11) is 0. The van der Waals surface area contributed by atoms with Crippen molar-refractivity contribution in [1.82, 2.24) is 0 Å². The monoisotopic (exact) mass is 474 g/mol. The van der Waals surface area contributed by atoms with Crippen molar-refractivity contribution in [2.45, 2.75) is 90.9 Å². The Hall–Kier alpha value is -1.58. The maximum Gasteiger partial charge on any atom is 0.204 e. The van der Waals surface area contributed by atoms with Gasteiger partial charge in [0.25, 0.3) is 0 Å². The number of benzene rings is 1. The third-order valence-electron chi connectivity index (χ3n) is 8.88. The van der Waals surface area contributed by atoms with Gasteiger partial charge in [0.1, 0.15) is 0 Å². The molecular formula is C30H44F2O2. The molecule has 0 atom stereocenters. The predicted molar refractivity (Wildman–Crippen MR) is 134 cm³/mol. The summed E-state index contributed by atoms with van der Waals surface area (Å²) in [5.41, 5.74) is 0. The molecule has 190 valence electrons. The lowest BCUT2D eigenvalue weighted by Crippen LogP contribution is -2.27. The van der Waals surface area contributed by atoms with E-state index in [-0.39, 0.29) is 11.5 Å². The molecule has 3 saturated carbocycles. The Morgan fingerprint density at radius 1 is 0.706 bits per heavy atom. The minimum Gasteiger partial charge on any atom is -0.491 e. The molecule has 0 unspecified atom stereocenters. The van der Waals surface area contributed by atoms with E-state index in [9.17, 15) is 8.78 Å². The second kappa shape index (κ2) is 12.4. The summed E-state index contributed by atoms with van der Waals surface area (Å²) in [5.74, 6) is 2.74. The smallest absolute Gasteiger partial charge is 0.204 e. The first kappa shape index (κ1) is 25.5. The van der Waals surface area contributed by atoms with Crippen LogP contribution in [0, 0.1) is 47.1 Å². The van der Waals surface area contributed by atoms with Crippen LogP contribution in [0.3, 0.4) is 0 Å². The van der Waals surface area contributed by atoms with Crippen molar-refractivity contribution in [2.75, 3.05) is 13.2 Å². The zero-order valence-electron chi connectivity index (χ0n) is 21.2. The molecule has 3 aliphatic carbocycles. The van der Waals surface area contributed by atoms with Gasteiger partial charge in [0.15, 0.2) is 11.5 Å². The van der Waals surface area contributed by atoms with Crippen LogP contribution in [0.2, 0.25) is 0 Å². The molecular weight excluding hydrogens is 430 g/mol. The Morgan fingerprint density at radius 3 is 1.71 bits per heavy atom. The summed E-state index contributed by atoms with van der Waals surface area (Å²) in [6.07, 6.45) is 20.9. The molecule has 0 bridgehead atoms. The normalized spacial score (nSPS) is 32.6. The minimum atomic E-state index is -0.957. The van der Waals surface area contributed by atoms with Crippen LogP contribution >= 0.6 is 0 Å². The average molecular weight is 475 g/mol. The molecule has 4 rings (SSSR count). The van der Waals surface area contributed by atoms with Crippen molar-refractivity contribution in [2.24, 2.45) is 35.5 Å². The number of ether oxygens (including phenoxy) is 2. The van der Waals surface area contributed by atoms with Crippen LogP contribution in [0.1, 0.15) is 90.9 Å². The van der Waals surface area contributed by atoms with Crippen molar-refractivity contribution in [3.05, 3.63) is 35.9 Å². The molecule has 0 spiro atoms. The Kier molecular flexibility index (Phi) is 9.31. The number of halogens is 2. The summed E-state index contributed by atoms with van der Waals surface area (Å²) in [6.45, 7) is 4.91. The molecule has 0 aliphatic heterocycles. The van der Waals surface area contributed by atoms with Gasteiger partial charge in [-0.1, -0.05) is 31.9 Å². The Balaban J connectivity index is 1.15. The maximum atomic E-state index is 14.3. The third-order valence-corrected chi connectivity index (χ3v) is 8.88. The van der Waals surface area contributed by atoms with Gasteiger partial charge in [-0.3, -0.25) is 0 Å². The highest BCUT2D eigenvalue weighted by molar-refractivity contribution is 5.35. The van der Waals surface area contributed by atoms with E-state index in [1.54, 1.807) is 6.92 Å². The molecule has 0 radical (unpaired) electrons. The summed E-state index contributed by atoms with van der Waals surface area (Å²) in [6, 6.07) is 2.94. The average Bonchev–Trinajstić information content (AvgIpc) is 2.87. The standard InChI is InChI=1S/C30H44F2O2/c1-3-33-27-18-19-28(30(32)29(27)31)34-20-24-12-16-26(17-13-24)25-14-10-23(11-15-25)9-8-22-6-4-21(2)5-7-22/h8-9,18-19,21-26H,3-7,10-17,20H2,1-2H3/b9-8+. The molecule has 0 aromatic heterocycles. The molecule has 4 heteroatoms. The van der Waals surface area contributed by atoms with E-state index in [0.717, 1.165) is 42.4 Å². The second-order valence-corrected chi connectivity index (χ2v) is 11.3. The molecule has 3 aliphatic rings. The van der Waals surface area contributed by atoms with Crippen LogP contribution < -0.4 is 9.47 Å². The largest absolute Gasteiger partial charge is 0.491 e. The van der Waals surface area contributed by atoms with E-state index in [1.807, 2.05) is 0 Å². The maximum absolute atomic E-state index is 14.3. The first-order chi connectivity index (χ1) is 16.5. The molecule has 34 heavy (non-hydrogen) atoms. The van der Waals surface area contributed by atoms with Crippen LogP contribution in [0.4, 0.5) is 8.78 Å². The van der Waals surface area contributed by atoms with Crippen molar-refractivity contribution < 1.29 is 18.3 Å². The fraction of sp³-hybridized carbons (Fsp3) is 0.733. The summed E-state index contributed by atoms with van der Waals surface area (Å²) < 4.78 is 39.1. The molecule has 0 saturated heterocycles. The van der Waals surface area contributed by atoms with Gasteiger partial charge in [-0.2, -0.15) is 8.78 Å². The van der Waals surface area contributed by atoms with Gasteiger partial charge in [0.05, 0.1) is 13.2 Å². The lowest BCUT2D eigenvalue weighted by Gasteiger charge is -2.37. The van der Waals surface area contributed by atoms with Crippen LogP contribution in [0.15, 0.2) is 24.3 Å². The summed E-state index contributed by atoms with van der Waals surface area (Å²) >= 11 is 0. The number of rotatable bonds is 8. The predicted octanol–water partition coefficient (Wildman–Crippen LogP) is 8.74. The number of allylic oxidation sites excluding steroid dienone is 2. The van der Waals surface area contributed by atoms with Gasteiger partial charge >= 0.3 is 0 Å². The van der Waals surface area contributed by atoms with Crippen molar-refractivity contribution in [3.8, 4) is 11.5 Å². The fourth-order valence-corrected chi connectivity index (χ4v) is 6.53. The molecule has 2 nitrogen and oxygen atoms in total. The van der Waals surface area contributed by atoms with Gasteiger partial charge in [0.2, 0.25) is 11.6 Å². The Morgan fingerprint density at radius 2 is 1.18 bits per heavy atom. The third kappa shape index (κ3) is 6.76. The van der Waals surface area contributed by atoms with E-state index in [2.05, 4.69) is 19.1 Å². The van der Waals surface area contributed by atoms with Gasteiger partial charge in [-0.15, -0.1) is 0 Å². The zero-order chi connectivity index (χ0) is 23.9. The van der Waals surface area contributed by atoms with Crippen LogP contribution in [-0.2, 0) is 0 Å². The van der Waals surface area contributed by atoms with E-state index in [4.69, 9.17) is 9.47 Å².